The number of nitrogens with one attached hydrogen (secondary N) is 1. The number of hydrogen-bond donors (Lipinski definition) is 1. The van der Waals surface area contributed by atoms with Crippen molar-refractivity contribution in [3.8, 4) is 0 Å². The summed E-state index contributed by atoms with van der Waals surface area (Å²) in [5, 5.41) is 2.91. The first-order valence-corrected chi connectivity index (χ1v) is 7.38. The number of amides is 2. The lowest BCUT2D eigenvalue weighted by Gasteiger charge is -2.29. The van der Waals surface area contributed by atoms with E-state index in [2.05, 4.69) is 5.32 Å². The van der Waals surface area contributed by atoms with Crippen LogP contribution >= 0.6 is 0 Å². The first-order chi connectivity index (χ1) is 9.65. The van der Waals surface area contributed by atoms with Crippen LogP contribution in [-0.2, 0) is 16.0 Å². The summed E-state index contributed by atoms with van der Waals surface area (Å²) < 4.78 is 0. The number of carbonyl (C=O) groups is 2. The van der Waals surface area contributed by atoms with Crippen molar-refractivity contribution in [3.63, 3.8) is 0 Å². The largest absolute Gasteiger partial charge is 0.326 e. The molecule has 1 aliphatic rings. The fourth-order valence-corrected chi connectivity index (χ4v) is 2.58. The van der Waals surface area contributed by atoms with E-state index in [-0.39, 0.29) is 11.8 Å². The summed E-state index contributed by atoms with van der Waals surface area (Å²) in [7, 11) is 0. The van der Waals surface area contributed by atoms with Gasteiger partial charge in [-0.1, -0.05) is 13.8 Å². The molecule has 1 aromatic carbocycles. The molecule has 0 saturated carbocycles. The molecular weight excluding hydrogens is 252 g/mol. The second kappa shape index (κ2) is 6.55. The Morgan fingerprint density at radius 3 is 2.80 bits per heavy atom. The quantitative estimate of drug-likeness (QED) is 0.917. The Bertz CT molecular complexity index is 511. The number of carbonyl (C=O) groups excluding carboxylic acids is 2. The second-order valence-electron chi connectivity index (χ2n) is 5.14. The van der Waals surface area contributed by atoms with Crippen molar-refractivity contribution < 1.29 is 9.59 Å². The fourth-order valence-electron chi connectivity index (χ4n) is 2.58. The smallest absolute Gasteiger partial charge is 0.226 e. The van der Waals surface area contributed by atoms with Gasteiger partial charge in [-0.2, -0.15) is 0 Å². The predicted molar refractivity (Wildman–Crippen MR) is 80.9 cm³/mol. The highest BCUT2D eigenvalue weighted by Crippen LogP contribution is 2.30. The van der Waals surface area contributed by atoms with E-state index >= 15 is 0 Å². The van der Waals surface area contributed by atoms with Gasteiger partial charge in [-0.15, -0.1) is 0 Å². The van der Waals surface area contributed by atoms with Crippen LogP contribution in [0.15, 0.2) is 18.2 Å². The van der Waals surface area contributed by atoms with E-state index in [9.17, 15) is 9.59 Å². The molecule has 2 rings (SSSR count). The highest BCUT2D eigenvalue weighted by atomic mass is 16.2. The number of rotatable bonds is 4. The Labute approximate surface area is 120 Å². The van der Waals surface area contributed by atoms with Crippen LogP contribution in [0.2, 0.25) is 0 Å². The molecule has 4 heteroatoms. The molecule has 0 aromatic heterocycles. The third kappa shape index (κ3) is 3.18. The zero-order valence-corrected chi connectivity index (χ0v) is 12.2. The summed E-state index contributed by atoms with van der Waals surface area (Å²) in [5.41, 5.74) is 2.97. The van der Waals surface area contributed by atoms with Gasteiger partial charge >= 0.3 is 0 Å². The number of benzene rings is 1. The fraction of sp³-hybridized carbons (Fsp3) is 0.500. The molecule has 1 aliphatic heterocycles. The molecule has 1 heterocycles. The lowest BCUT2D eigenvalue weighted by atomic mass is 10.0. The molecule has 0 unspecified atom stereocenters. The molecule has 2 amide bonds. The Kier molecular flexibility index (Phi) is 4.77. The van der Waals surface area contributed by atoms with Crippen molar-refractivity contribution in [1.82, 2.24) is 0 Å². The minimum absolute atomic E-state index is 0.0461. The highest BCUT2D eigenvalue weighted by Gasteiger charge is 2.21. The summed E-state index contributed by atoms with van der Waals surface area (Å²) in [5.74, 6) is 0.207. The minimum atomic E-state index is 0.0461. The Morgan fingerprint density at radius 1 is 1.30 bits per heavy atom. The average molecular weight is 274 g/mol. The van der Waals surface area contributed by atoms with E-state index in [0.717, 1.165) is 42.7 Å². The van der Waals surface area contributed by atoms with Crippen LogP contribution in [0, 0.1) is 0 Å². The van der Waals surface area contributed by atoms with Crippen molar-refractivity contribution >= 4 is 23.2 Å². The van der Waals surface area contributed by atoms with Gasteiger partial charge in [-0.3, -0.25) is 9.59 Å². The van der Waals surface area contributed by atoms with E-state index in [0.29, 0.717) is 12.8 Å². The molecule has 20 heavy (non-hydrogen) atoms. The number of hydrogen-bond acceptors (Lipinski definition) is 2. The standard InChI is InChI=1S/C16H22N2O2/c1-3-6-15(19)17-13-8-9-14-12(11-13)7-5-10-18(14)16(20)4-2/h8-9,11H,3-7,10H2,1-2H3,(H,17,19). The maximum absolute atomic E-state index is 11.9. The SMILES string of the molecule is CCCC(=O)Nc1ccc2c(c1)CCCN2C(=O)CC. The van der Waals surface area contributed by atoms with Crippen LogP contribution in [0.4, 0.5) is 11.4 Å². The van der Waals surface area contributed by atoms with Gasteiger partial charge in [0.05, 0.1) is 0 Å². The third-order valence-corrected chi connectivity index (χ3v) is 3.56. The molecule has 1 aromatic rings. The Balaban J connectivity index is 2.19. The Hall–Kier alpha value is -1.84. The van der Waals surface area contributed by atoms with Crippen LogP contribution < -0.4 is 10.2 Å². The van der Waals surface area contributed by atoms with Gasteiger partial charge < -0.3 is 10.2 Å². The first-order valence-electron chi connectivity index (χ1n) is 7.38. The van der Waals surface area contributed by atoms with Crippen LogP contribution in [-0.4, -0.2) is 18.4 Å². The summed E-state index contributed by atoms with van der Waals surface area (Å²) in [6.07, 6.45) is 3.84. The number of anilines is 2. The summed E-state index contributed by atoms with van der Waals surface area (Å²) in [6, 6.07) is 5.83. The number of aryl methyl sites for hydroxylation is 1. The molecule has 0 spiro atoms. The lowest BCUT2D eigenvalue weighted by molar-refractivity contribution is -0.118. The highest BCUT2D eigenvalue weighted by molar-refractivity contribution is 5.95. The van der Waals surface area contributed by atoms with E-state index < -0.39 is 0 Å². The van der Waals surface area contributed by atoms with Crippen molar-refractivity contribution in [2.24, 2.45) is 0 Å². The second-order valence-corrected chi connectivity index (χ2v) is 5.14. The van der Waals surface area contributed by atoms with Crippen LogP contribution in [0.5, 0.6) is 0 Å². The van der Waals surface area contributed by atoms with Crippen molar-refractivity contribution in [1.29, 1.82) is 0 Å². The Morgan fingerprint density at radius 2 is 2.10 bits per heavy atom. The zero-order valence-electron chi connectivity index (χ0n) is 12.2. The van der Waals surface area contributed by atoms with E-state index in [4.69, 9.17) is 0 Å². The molecule has 4 nitrogen and oxygen atoms in total. The van der Waals surface area contributed by atoms with E-state index in [1.807, 2.05) is 36.9 Å². The molecule has 0 atom stereocenters. The van der Waals surface area contributed by atoms with Gasteiger partial charge in [0.15, 0.2) is 0 Å². The monoisotopic (exact) mass is 274 g/mol. The molecule has 0 bridgehead atoms. The molecule has 0 aliphatic carbocycles. The van der Waals surface area contributed by atoms with Crippen LogP contribution in [0.25, 0.3) is 0 Å². The lowest BCUT2D eigenvalue weighted by Crippen LogP contribution is -2.34. The summed E-state index contributed by atoms with van der Waals surface area (Å²) in [6.45, 7) is 4.66. The maximum Gasteiger partial charge on any atom is 0.226 e. The van der Waals surface area contributed by atoms with Gasteiger partial charge in [0.25, 0.3) is 0 Å². The van der Waals surface area contributed by atoms with Crippen LogP contribution in [0.1, 0.15) is 45.1 Å². The normalized spacial score (nSPS) is 13.8. The van der Waals surface area contributed by atoms with Gasteiger partial charge in [-0.25, -0.2) is 0 Å². The molecule has 1 N–H and O–H groups in total. The summed E-state index contributed by atoms with van der Waals surface area (Å²) in [4.78, 5) is 25.4. The van der Waals surface area contributed by atoms with Gasteiger partial charge in [0.1, 0.15) is 0 Å². The maximum atomic E-state index is 11.9. The molecule has 108 valence electrons. The average Bonchev–Trinajstić information content (AvgIpc) is 2.45. The van der Waals surface area contributed by atoms with Gasteiger partial charge in [0, 0.05) is 30.8 Å². The van der Waals surface area contributed by atoms with Gasteiger partial charge in [0.2, 0.25) is 11.8 Å². The van der Waals surface area contributed by atoms with E-state index in [1.165, 1.54) is 0 Å². The molecular formula is C16H22N2O2. The van der Waals surface area contributed by atoms with Gasteiger partial charge in [-0.05, 0) is 43.0 Å². The number of fused-ring (bicyclic) bond motifs is 1. The van der Waals surface area contributed by atoms with Crippen molar-refractivity contribution in [2.45, 2.75) is 46.0 Å². The predicted octanol–water partition coefficient (Wildman–Crippen LogP) is 3.11. The van der Waals surface area contributed by atoms with E-state index in [1.54, 1.807) is 0 Å². The zero-order chi connectivity index (χ0) is 14.5. The molecule has 0 fully saturated rings. The van der Waals surface area contributed by atoms with Crippen molar-refractivity contribution in [3.05, 3.63) is 23.8 Å². The summed E-state index contributed by atoms with van der Waals surface area (Å²) >= 11 is 0. The first kappa shape index (κ1) is 14.6. The molecule has 0 saturated heterocycles. The van der Waals surface area contributed by atoms with Crippen molar-refractivity contribution in [2.75, 3.05) is 16.8 Å². The minimum Gasteiger partial charge on any atom is -0.326 e. The molecule has 0 radical (unpaired) electrons. The topological polar surface area (TPSA) is 49.4 Å². The van der Waals surface area contributed by atoms with Crippen LogP contribution in [0.3, 0.4) is 0 Å². The number of nitrogens with zero attached hydrogens (tertiary/aromatic N) is 1. The third-order valence-electron chi connectivity index (χ3n) is 3.56.